The predicted molar refractivity (Wildman–Crippen MR) is 139 cm³/mol. The number of rotatable bonds is 11. The van der Waals surface area contributed by atoms with Crippen LogP contribution in [0.25, 0.3) is 0 Å². The van der Waals surface area contributed by atoms with Gasteiger partial charge in [-0.1, -0.05) is 71.6 Å². The minimum Gasteiger partial charge on any atom is -0.457 e. The van der Waals surface area contributed by atoms with Gasteiger partial charge in [0.05, 0.1) is 5.75 Å². The summed E-state index contributed by atoms with van der Waals surface area (Å²) in [6, 6.07) is 27.7. The monoisotopic (exact) mass is 490 g/mol. The fraction of sp³-hybridized carbons (Fsp3) is 0.192. The second-order valence-corrected chi connectivity index (χ2v) is 9.92. The lowest BCUT2D eigenvalue weighted by atomic mass is 10.1. The van der Waals surface area contributed by atoms with Gasteiger partial charge < -0.3 is 15.4 Å². The van der Waals surface area contributed by atoms with Crippen LogP contribution in [0.15, 0.2) is 89.3 Å². The lowest BCUT2D eigenvalue weighted by Crippen LogP contribution is -2.34. The highest BCUT2D eigenvalue weighted by atomic mass is 32.2. The fourth-order valence-electron chi connectivity index (χ4n) is 3.22. The summed E-state index contributed by atoms with van der Waals surface area (Å²) >= 11 is 2.81. The first-order valence-corrected chi connectivity index (χ1v) is 12.8. The molecule has 6 nitrogen and oxygen atoms in total. The van der Waals surface area contributed by atoms with Gasteiger partial charge in [-0.2, -0.15) is 0 Å². The van der Waals surface area contributed by atoms with Crippen molar-refractivity contribution in [2.45, 2.75) is 30.1 Å². The average Bonchev–Trinajstić information content (AvgIpc) is 3.31. The van der Waals surface area contributed by atoms with E-state index in [9.17, 15) is 4.79 Å². The third-order valence-electron chi connectivity index (χ3n) is 4.93. The minimum atomic E-state index is 0.00396. The molecule has 1 aromatic heterocycles. The summed E-state index contributed by atoms with van der Waals surface area (Å²) in [5.41, 5.74) is 2.17. The molecule has 3 aromatic carbocycles. The summed E-state index contributed by atoms with van der Waals surface area (Å²) in [5, 5.41) is 15.3. The molecule has 1 atom stereocenters. The topological polar surface area (TPSA) is 76.1 Å². The number of para-hydroxylation sites is 1. The predicted octanol–water partition coefficient (Wildman–Crippen LogP) is 6.30. The molecular formula is C26H26N4O2S2. The lowest BCUT2D eigenvalue weighted by molar-refractivity contribution is -0.119. The van der Waals surface area contributed by atoms with E-state index in [1.165, 1.54) is 28.7 Å². The molecule has 174 valence electrons. The molecule has 0 aliphatic carbocycles. The Morgan fingerprint density at radius 2 is 1.62 bits per heavy atom. The van der Waals surface area contributed by atoms with Gasteiger partial charge in [0.15, 0.2) is 4.34 Å². The Morgan fingerprint density at radius 3 is 2.35 bits per heavy atom. The summed E-state index contributed by atoms with van der Waals surface area (Å²) < 4.78 is 6.56. The molecule has 0 bridgehead atoms. The molecule has 4 rings (SSSR count). The van der Waals surface area contributed by atoms with Crippen LogP contribution in [-0.2, 0) is 11.2 Å². The largest absolute Gasteiger partial charge is 0.457 e. The molecule has 0 spiro atoms. The van der Waals surface area contributed by atoms with Crippen molar-refractivity contribution in [3.8, 4) is 11.5 Å². The summed E-state index contributed by atoms with van der Waals surface area (Å²) in [5.74, 6) is 1.87. The van der Waals surface area contributed by atoms with E-state index in [1.54, 1.807) is 0 Å². The molecule has 0 aliphatic rings. The van der Waals surface area contributed by atoms with Gasteiger partial charge in [-0.25, -0.2) is 0 Å². The molecule has 0 saturated heterocycles. The maximum atomic E-state index is 12.3. The highest BCUT2D eigenvalue weighted by Crippen LogP contribution is 2.29. The highest BCUT2D eigenvalue weighted by molar-refractivity contribution is 8.01. The van der Waals surface area contributed by atoms with Crippen molar-refractivity contribution in [2.24, 2.45) is 0 Å². The first-order valence-electron chi connectivity index (χ1n) is 11.0. The van der Waals surface area contributed by atoms with Crippen LogP contribution in [0.3, 0.4) is 0 Å². The van der Waals surface area contributed by atoms with E-state index in [4.69, 9.17) is 4.74 Å². The third kappa shape index (κ3) is 7.60. The molecule has 0 saturated carbocycles. The van der Waals surface area contributed by atoms with Gasteiger partial charge in [-0.15, -0.1) is 10.2 Å². The van der Waals surface area contributed by atoms with Gasteiger partial charge in [-0.3, -0.25) is 4.79 Å². The molecule has 1 unspecified atom stereocenters. The number of hydrogen-bond donors (Lipinski definition) is 2. The van der Waals surface area contributed by atoms with Crippen molar-refractivity contribution in [1.29, 1.82) is 0 Å². The number of anilines is 2. The zero-order chi connectivity index (χ0) is 23.6. The van der Waals surface area contributed by atoms with Crippen LogP contribution in [0, 0.1) is 0 Å². The Kier molecular flexibility index (Phi) is 8.54. The number of benzene rings is 3. The van der Waals surface area contributed by atoms with Crippen LogP contribution in [-0.4, -0.2) is 27.9 Å². The van der Waals surface area contributed by atoms with Crippen LogP contribution >= 0.6 is 23.1 Å². The Bertz CT molecular complexity index is 1170. The van der Waals surface area contributed by atoms with E-state index < -0.39 is 0 Å². The first-order chi connectivity index (χ1) is 16.6. The van der Waals surface area contributed by atoms with E-state index in [-0.39, 0.29) is 11.9 Å². The van der Waals surface area contributed by atoms with Crippen LogP contribution in [0.4, 0.5) is 10.8 Å². The first kappa shape index (κ1) is 23.8. The van der Waals surface area contributed by atoms with Crippen molar-refractivity contribution in [1.82, 2.24) is 15.5 Å². The molecule has 1 amide bonds. The minimum absolute atomic E-state index is 0.00396. The molecular weight excluding hydrogens is 464 g/mol. The van der Waals surface area contributed by atoms with Crippen molar-refractivity contribution in [2.75, 3.05) is 11.1 Å². The van der Waals surface area contributed by atoms with Crippen LogP contribution in [0.5, 0.6) is 11.5 Å². The maximum absolute atomic E-state index is 12.3. The van der Waals surface area contributed by atoms with Crippen LogP contribution < -0.4 is 15.4 Å². The second kappa shape index (κ2) is 12.2. The van der Waals surface area contributed by atoms with Gasteiger partial charge in [-0.05, 0) is 61.7 Å². The van der Waals surface area contributed by atoms with Gasteiger partial charge in [0.1, 0.15) is 11.5 Å². The van der Waals surface area contributed by atoms with Crippen molar-refractivity contribution < 1.29 is 9.53 Å². The second-order valence-electron chi connectivity index (χ2n) is 7.72. The van der Waals surface area contributed by atoms with Gasteiger partial charge in [0.2, 0.25) is 11.0 Å². The zero-order valence-corrected chi connectivity index (χ0v) is 20.4. The molecule has 2 N–H and O–H groups in total. The number of aromatic nitrogens is 2. The van der Waals surface area contributed by atoms with Crippen molar-refractivity contribution in [3.63, 3.8) is 0 Å². The average molecular weight is 491 g/mol. The van der Waals surface area contributed by atoms with Gasteiger partial charge >= 0.3 is 0 Å². The summed E-state index contributed by atoms with van der Waals surface area (Å²) in [6.45, 7) is 2.04. The normalized spacial score (nSPS) is 11.6. The number of thioether (sulfide) groups is 1. The molecule has 1 heterocycles. The SMILES string of the molecule is CC(CCc1ccccc1)NC(=O)CSc1nnc(Nc2ccc(Oc3ccccc3)cc2)s1. The Labute approximate surface area is 207 Å². The quantitative estimate of drug-likeness (QED) is 0.240. The number of nitrogens with zero attached hydrogens (tertiary/aromatic N) is 2. The van der Waals surface area contributed by atoms with Gasteiger partial charge in [0, 0.05) is 11.7 Å². The van der Waals surface area contributed by atoms with Crippen LogP contribution in [0.1, 0.15) is 18.9 Å². The summed E-state index contributed by atoms with van der Waals surface area (Å²) in [7, 11) is 0. The van der Waals surface area contributed by atoms with Crippen molar-refractivity contribution >= 4 is 39.8 Å². The molecule has 0 radical (unpaired) electrons. The molecule has 4 aromatic rings. The van der Waals surface area contributed by atoms with E-state index in [2.05, 4.69) is 33.0 Å². The Hall–Kier alpha value is -3.36. The Morgan fingerprint density at radius 1 is 0.941 bits per heavy atom. The molecule has 0 aliphatic heterocycles. The number of aryl methyl sites for hydroxylation is 1. The van der Waals surface area contributed by atoms with E-state index in [1.807, 2.05) is 79.7 Å². The number of ether oxygens (including phenoxy) is 1. The molecule has 0 fully saturated rings. The maximum Gasteiger partial charge on any atom is 0.230 e. The summed E-state index contributed by atoms with van der Waals surface area (Å²) in [4.78, 5) is 12.3. The Balaban J connectivity index is 1.19. The number of nitrogens with one attached hydrogen (secondary N) is 2. The molecule has 34 heavy (non-hydrogen) atoms. The van der Waals surface area contributed by atoms with E-state index in [0.29, 0.717) is 10.9 Å². The standard InChI is InChI=1S/C26H26N4O2S2/c1-19(12-13-20-8-4-2-5-9-20)27-24(31)18-33-26-30-29-25(34-26)28-21-14-16-23(17-15-21)32-22-10-6-3-7-11-22/h2-11,14-17,19H,12-13,18H2,1H3,(H,27,31)(H,28,29). The van der Waals surface area contributed by atoms with Crippen molar-refractivity contribution in [3.05, 3.63) is 90.5 Å². The highest BCUT2D eigenvalue weighted by Gasteiger charge is 2.11. The van der Waals surface area contributed by atoms with E-state index in [0.717, 1.165) is 34.4 Å². The van der Waals surface area contributed by atoms with Gasteiger partial charge in [0.25, 0.3) is 0 Å². The number of carbonyl (C=O) groups excluding carboxylic acids is 1. The van der Waals surface area contributed by atoms with E-state index >= 15 is 0 Å². The van der Waals surface area contributed by atoms with Crippen LogP contribution in [0.2, 0.25) is 0 Å². The fourth-order valence-corrected chi connectivity index (χ4v) is 4.80. The molecule has 8 heteroatoms. The third-order valence-corrected chi connectivity index (χ3v) is 6.91. The zero-order valence-electron chi connectivity index (χ0n) is 18.8. The summed E-state index contributed by atoms with van der Waals surface area (Å²) in [6.07, 6.45) is 1.85. The number of amides is 1. The number of carbonyl (C=O) groups is 1. The smallest absolute Gasteiger partial charge is 0.230 e. The number of hydrogen-bond acceptors (Lipinski definition) is 7. The lowest BCUT2D eigenvalue weighted by Gasteiger charge is -2.13.